The van der Waals surface area contributed by atoms with Gasteiger partial charge < -0.3 is 10.2 Å². The lowest BCUT2D eigenvalue weighted by atomic mass is 9.78. The van der Waals surface area contributed by atoms with Crippen LogP contribution >= 0.6 is 0 Å². The number of nitrogens with one attached hydrogen (secondary N) is 1. The van der Waals surface area contributed by atoms with Crippen LogP contribution in [0.1, 0.15) is 50.5 Å². The number of fused-ring (bicyclic) bond motifs is 1. The van der Waals surface area contributed by atoms with Crippen LogP contribution in [0.4, 0.5) is 0 Å². The summed E-state index contributed by atoms with van der Waals surface area (Å²) in [5.41, 5.74) is 1.04. The smallest absolute Gasteiger partial charge is 0.247 e. The van der Waals surface area contributed by atoms with E-state index >= 15 is 0 Å². The Balaban J connectivity index is 1.53. The highest BCUT2D eigenvalue weighted by Gasteiger charge is 2.50. The van der Waals surface area contributed by atoms with Crippen molar-refractivity contribution in [3.05, 3.63) is 54.1 Å². The highest BCUT2D eigenvalue weighted by atomic mass is 16.2. The number of β-lactam (4-membered cyclic amide) rings is 1. The van der Waals surface area contributed by atoms with Crippen LogP contribution in [0.2, 0.25) is 0 Å². The Morgan fingerprint density at radius 2 is 1.81 bits per heavy atom. The van der Waals surface area contributed by atoms with Gasteiger partial charge in [0.1, 0.15) is 6.04 Å². The van der Waals surface area contributed by atoms with E-state index in [0.29, 0.717) is 0 Å². The number of hydrogen-bond acceptors (Lipinski definition) is 2. The predicted octanol–water partition coefficient (Wildman–Crippen LogP) is 3.69. The number of benzene rings is 1. The molecule has 1 aromatic carbocycles. The number of hydrogen-bond donors (Lipinski definition) is 1. The molecule has 4 heteroatoms. The van der Waals surface area contributed by atoms with E-state index in [1.165, 1.54) is 19.3 Å². The second kappa shape index (κ2) is 8.12. The van der Waals surface area contributed by atoms with Crippen molar-refractivity contribution < 1.29 is 9.59 Å². The van der Waals surface area contributed by atoms with Gasteiger partial charge >= 0.3 is 0 Å². The molecular formula is C23H28N2O2. The quantitative estimate of drug-likeness (QED) is 0.640. The van der Waals surface area contributed by atoms with E-state index in [1.54, 1.807) is 0 Å². The number of nitrogens with zero attached hydrogens (tertiary/aromatic N) is 1. The highest BCUT2D eigenvalue weighted by molar-refractivity contribution is 5.95. The largest absolute Gasteiger partial charge is 0.351 e. The summed E-state index contributed by atoms with van der Waals surface area (Å²) in [6.07, 6.45) is 15.4. The summed E-state index contributed by atoms with van der Waals surface area (Å²) in [6.45, 7) is 0. The topological polar surface area (TPSA) is 49.4 Å². The van der Waals surface area contributed by atoms with E-state index in [1.807, 2.05) is 47.4 Å². The average Bonchev–Trinajstić information content (AvgIpc) is 2.72. The third kappa shape index (κ3) is 3.85. The molecule has 1 saturated heterocycles. The Bertz CT molecular complexity index is 734. The Morgan fingerprint density at radius 3 is 2.59 bits per heavy atom. The number of carbonyl (C=O) groups is 2. The van der Waals surface area contributed by atoms with Crippen molar-refractivity contribution in [2.75, 3.05) is 0 Å². The summed E-state index contributed by atoms with van der Waals surface area (Å²) in [4.78, 5) is 27.6. The molecule has 3 aliphatic rings. The molecule has 1 N–H and O–H groups in total. The number of carbonyl (C=O) groups excluding carboxylic acids is 2. The standard InChI is InChI=1S/C23H28N2O2/c26-22(24-18-11-5-2-6-12-18)21(16-15-17-9-3-1-4-10-17)25-20-14-8-7-13-19(20)23(25)27/h1,3-4,7-10,15-16,18-21H,2,5-6,11-14H2,(H,24,26)/b16-15+/t19-,20+,21?/m1/s1. The minimum Gasteiger partial charge on any atom is -0.351 e. The van der Waals surface area contributed by atoms with E-state index in [4.69, 9.17) is 0 Å². The first-order chi connectivity index (χ1) is 13.2. The average molecular weight is 364 g/mol. The molecule has 1 aliphatic heterocycles. The van der Waals surface area contributed by atoms with Crippen molar-refractivity contribution in [3.8, 4) is 0 Å². The van der Waals surface area contributed by atoms with Gasteiger partial charge in [-0.05, 0) is 31.2 Å². The van der Waals surface area contributed by atoms with Gasteiger partial charge in [-0.25, -0.2) is 0 Å². The molecule has 1 heterocycles. The molecule has 0 radical (unpaired) electrons. The fourth-order valence-electron chi connectivity index (χ4n) is 4.60. The molecule has 4 nitrogen and oxygen atoms in total. The van der Waals surface area contributed by atoms with Crippen molar-refractivity contribution in [2.24, 2.45) is 5.92 Å². The van der Waals surface area contributed by atoms with E-state index < -0.39 is 6.04 Å². The lowest BCUT2D eigenvalue weighted by molar-refractivity contribution is -0.162. The molecule has 27 heavy (non-hydrogen) atoms. The van der Waals surface area contributed by atoms with E-state index in [-0.39, 0.29) is 29.8 Å². The van der Waals surface area contributed by atoms with Gasteiger partial charge in [0.25, 0.3) is 0 Å². The van der Waals surface area contributed by atoms with Crippen LogP contribution in [-0.2, 0) is 9.59 Å². The molecule has 1 saturated carbocycles. The first-order valence-corrected chi connectivity index (χ1v) is 10.2. The van der Waals surface area contributed by atoms with Crippen molar-refractivity contribution in [1.29, 1.82) is 0 Å². The second-order valence-electron chi connectivity index (χ2n) is 7.92. The van der Waals surface area contributed by atoms with E-state index in [0.717, 1.165) is 31.2 Å². The lowest BCUT2D eigenvalue weighted by Gasteiger charge is -2.51. The number of likely N-dealkylation sites (tertiary alicyclic amines) is 1. The van der Waals surface area contributed by atoms with Crippen LogP contribution in [-0.4, -0.2) is 34.8 Å². The maximum Gasteiger partial charge on any atom is 0.247 e. The summed E-state index contributed by atoms with van der Waals surface area (Å²) in [5, 5.41) is 3.22. The van der Waals surface area contributed by atoms with Crippen molar-refractivity contribution in [2.45, 2.75) is 63.1 Å². The summed E-state index contributed by atoms with van der Waals surface area (Å²) in [7, 11) is 0. The van der Waals surface area contributed by atoms with Gasteiger partial charge in [-0.1, -0.05) is 73.9 Å². The molecule has 1 unspecified atom stereocenters. The molecule has 0 bridgehead atoms. The van der Waals surface area contributed by atoms with E-state index in [2.05, 4.69) is 17.5 Å². The van der Waals surface area contributed by atoms with Gasteiger partial charge in [0, 0.05) is 12.1 Å². The fourth-order valence-corrected chi connectivity index (χ4v) is 4.60. The molecule has 1 aromatic rings. The Labute approximate surface area is 161 Å². The normalized spacial score (nSPS) is 26.5. The number of rotatable bonds is 5. The van der Waals surface area contributed by atoms with Crippen molar-refractivity contribution in [1.82, 2.24) is 10.2 Å². The fraction of sp³-hybridized carbons (Fsp3) is 0.478. The third-order valence-electron chi connectivity index (χ3n) is 6.12. The molecule has 2 aliphatic carbocycles. The zero-order valence-corrected chi connectivity index (χ0v) is 15.7. The molecule has 0 spiro atoms. The second-order valence-corrected chi connectivity index (χ2v) is 7.92. The highest BCUT2D eigenvalue weighted by Crippen LogP contribution is 2.37. The van der Waals surface area contributed by atoms with Crippen LogP contribution in [0.25, 0.3) is 6.08 Å². The van der Waals surface area contributed by atoms with Gasteiger partial charge in [-0.3, -0.25) is 9.59 Å². The molecule has 142 valence electrons. The van der Waals surface area contributed by atoms with Crippen LogP contribution in [0.15, 0.2) is 48.6 Å². The van der Waals surface area contributed by atoms with Crippen molar-refractivity contribution in [3.63, 3.8) is 0 Å². The van der Waals surface area contributed by atoms with E-state index in [9.17, 15) is 9.59 Å². The SMILES string of the molecule is O=C(NC1CCCCC1)C(/C=C/c1ccccc1)N1C(=O)[C@@H]2CC=CC[C@@H]21. The van der Waals surface area contributed by atoms with Crippen LogP contribution in [0, 0.1) is 5.92 Å². The zero-order chi connectivity index (χ0) is 18.6. The predicted molar refractivity (Wildman–Crippen MR) is 107 cm³/mol. The maximum absolute atomic E-state index is 13.1. The molecule has 2 fully saturated rings. The third-order valence-corrected chi connectivity index (χ3v) is 6.12. The molecule has 2 amide bonds. The number of amides is 2. The molecule has 0 aromatic heterocycles. The minimum atomic E-state index is -0.521. The summed E-state index contributed by atoms with van der Waals surface area (Å²) < 4.78 is 0. The molecule has 3 atom stereocenters. The summed E-state index contributed by atoms with van der Waals surface area (Å²) in [5.74, 6) is 0.145. The Kier molecular flexibility index (Phi) is 5.42. The minimum absolute atomic E-state index is 0.0320. The molecule has 4 rings (SSSR count). The lowest BCUT2D eigenvalue weighted by Crippen LogP contribution is -2.67. The maximum atomic E-state index is 13.1. The summed E-state index contributed by atoms with van der Waals surface area (Å²) in [6, 6.07) is 9.84. The van der Waals surface area contributed by atoms with Crippen LogP contribution < -0.4 is 5.32 Å². The first kappa shape index (κ1) is 18.0. The van der Waals surface area contributed by atoms with Gasteiger partial charge in [0.2, 0.25) is 11.8 Å². The zero-order valence-electron chi connectivity index (χ0n) is 15.7. The van der Waals surface area contributed by atoms with Crippen molar-refractivity contribution >= 4 is 17.9 Å². The van der Waals surface area contributed by atoms with Crippen LogP contribution in [0.3, 0.4) is 0 Å². The van der Waals surface area contributed by atoms with Gasteiger partial charge in [-0.2, -0.15) is 0 Å². The van der Waals surface area contributed by atoms with Gasteiger partial charge in [0.05, 0.1) is 5.92 Å². The number of allylic oxidation sites excluding steroid dienone is 1. The Hall–Kier alpha value is -2.36. The first-order valence-electron chi connectivity index (χ1n) is 10.2. The van der Waals surface area contributed by atoms with Crippen LogP contribution in [0.5, 0.6) is 0 Å². The summed E-state index contributed by atoms with van der Waals surface area (Å²) >= 11 is 0. The Morgan fingerprint density at radius 1 is 1.07 bits per heavy atom. The monoisotopic (exact) mass is 364 g/mol. The van der Waals surface area contributed by atoms with Gasteiger partial charge in [0.15, 0.2) is 0 Å². The van der Waals surface area contributed by atoms with Gasteiger partial charge in [-0.15, -0.1) is 0 Å². The molecular weight excluding hydrogens is 336 g/mol.